The number of carboxylic acid groups (broad SMARTS) is 1. The highest BCUT2D eigenvalue weighted by Gasteiger charge is 2.21. The molecule has 1 unspecified atom stereocenters. The third-order valence-corrected chi connectivity index (χ3v) is 2.21. The second-order valence-electron chi connectivity index (χ2n) is 3.87. The minimum atomic E-state index is -1.35. The van der Waals surface area contributed by atoms with Crippen LogP contribution in [0.25, 0.3) is 0 Å². The van der Waals surface area contributed by atoms with Crippen LogP contribution >= 0.6 is 0 Å². The van der Waals surface area contributed by atoms with Gasteiger partial charge in [0.25, 0.3) is 0 Å². The van der Waals surface area contributed by atoms with E-state index in [4.69, 9.17) is 10.8 Å². The van der Waals surface area contributed by atoms with Crippen molar-refractivity contribution in [2.75, 3.05) is 0 Å². The van der Waals surface area contributed by atoms with E-state index < -0.39 is 30.4 Å². The summed E-state index contributed by atoms with van der Waals surface area (Å²) in [6.07, 6.45) is 1.24. The Morgan fingerprint density at radius 3 is 2.68 bits per heavy atom. The zero-order valence-electron chi connectivity index (χ0n) is 10.3. The van der Waals surface area contributed by atoms with Crippen molar-refractivity contribution in [2.24, 2.45) is 12.8 Å². The number of aromatic nitrogens is 2. The fourth-order valence-corrected chi connectivity index (χ4v) is 1.34. The van der Waals surface area contributed by atoms with E-state index in [1.54, 1.807) is 24.0 Å². The third kappa shape index (κ3) is 5.06. The molecule has 1 heterocycles. The Hall–Kier alpha value is -2.58. The Bertz CT molecular complexity index is 484. The highest BCUT2D eigenvalue weighted by atomic mass is 16.4. The predicted molar refractivity (Wildman–Crippen MR) is 63.8 cm³/mol. The lowest BCUT2D eigenvalue weighted by Crippen LogP contribution is -2.47. The number of carboxylic acids is 1. The number of aliphatic carboxylic acids is 1. The molecule has 0 radical (unpaired) electrons. The molecule has 0 aliphatic heterocycles. The first kappa shape index (κ1) is 14.5. The van der Waals surface area contributed by atoms with Gasteiger partial charge < -0.3 is 21.5 Å². The van der Waals surface area contributed by atoms with Crippen LogP contribution in [-0.4, -0.2) is 38.8 Å². The molecular weight excluding hydrogens is 254 g/mol. The molecular formula is C10H15N5O4. The summed E-state index contributed by atoms with van der Waals surface area (Å²) in [7, 11) is 1.73. The van der Waals surface area contributed by atoms with Crippen LogP contribution < -0.4 is 16.4 Å². The van der Waals surface area contributed by atoms with E-state index in [2.05, 4.69) is 15.7 Å². The molecule has 0 bridgehead atoms. The number of hydrogen-bond acceptors (Lipinski definition) is 4. The highest BCUT2D eigenvalue weighted by Crippen LogP contribution is 1.94. The van der Waals surface area contributed by atoms with Gasteiger partial charge in [0.05, 0.1) is 18.7 Å². The first-order valence-corrected chi connectivity index (χ1v) is 5.42. The Kier molecular flexibility index (Phi) is 4.86. The summed E-state index contributed by atoms with van der Waals surface area (Å²) in [6.45, 7) is 0.148. The molecule has 9 heteroatoms. The molecule has 1 atom stereocenters. The first-order valence-electron chi connectivity index (χ1n) is 5.42. The molecule has 1 rings (SSSR count). The fraction of sp³-hybridized carbons (Fsp3) is 0.400. The largest absolute Gasteiger partial charge is 0.480 e. The van der Waals surface area contributed by atoms with Crippen LogP contribution in [-0.2, 0) is 23.2 Å². The van der Waals surface area contributed by atoms with Crippen molar-refractivity contribution in [3.8, 4) is 0 Å². The molecule has 0 saturated heterocycles. The lowest BCUT2D eigenvalue weighted by atomic mass is 10.2. The van der Waals surface area contributed by atoms with Gasteiger partial charge in [0, 0.05) is 13.2 Å². The van der Waals surface area contributed by atoms with E-state index in [9.17, 15) is 14.4 Å². The third-order valence-electron chi connectivity index (χ3n) is 2.21. The van der Waals surface area contributed by atoms with E-state index in [1.165, 1.54) is 0 Å². The Labute approximate surface area is 108 Å². The molecule has 0 spiro atoms. The minimum absolute atomic E-state index is 0.148. The molecule has 0 aliphatic carbocycles. The summed E-state index contributed by atoms with van der Waals surface area (Å²) in [5.41, 5.74) is 5.51. The van der Waals surface area contributed by atoms with Crippen LogP contribution in [0.3, 0.4) is 0 Å². The number of carbonyl (C=O) groups is 3. The quantitative estimate of drug-likeness (QED) is 0.500. The maximum absolute atomic E-state index is 11.4. The molecule has 19 heavy (non-hydrogen) atoms. The van der Waals surface area contributed by atoms with E-state index in [0.29, 0.717) is 5.69 Å². The van der Waals surface area contributed by atoms with Crippen LogP contribution in [0, 0.1) is 0 Å². The van der Waals surface area contributed by atoms with E-state index in [-0.39, 0.29) is 6.54 Å². The predicted octanol–water partition coefficient (Wildman–Crippen LogP) is -1.45. The highest BCUT2D eigenvalue weighted by molar-refractivity contribution is 5.87. The SMILES string of the molecule is Cn1ccc(CNC(=O)NC(CC(N)=O)C(=O)O)n1. The van der Waals surface area contributed by atoms with Crippen molar-refractivity contribution in [1.29, 1.82) is 0 Å². The number of nitrogens with one attached hydrogen (secondary N) is 2. The average Bonchev–Trinajstić information content (AvgIpc) is 2.71. The maximum atomic E-state index is 11.4. The molecule has 0 fully saturated rings. The zero-order chi connectivity index (χ0) is 14.4. The first-order chi connectivity index (χ1) is 8.88. The smallest absolute Gasteiger partial charge is 0.326 e. The number of urea groups is 1. The second-order valence-corrected chi connectivity index (χ2v) is 3.87. The van der Waals surface area contributed by atoms with Crippen LogP contribution in [0.15, 0.2) is 12.3 Å². The number of nitrogens with zero attached hydrogens (tertiary/aromatic N) is 2. The number of amides is 3. The number of nitrogens with two attached hydrogens (primary N) is 1. The van der Waals surface area contributed by atoms with E-state index in [1.807, 2.05) is 0 Å². The molecule has 9 nitrogen and oxygen atoms in total. The van der Waals surface area contributed by atoms with E-state index >= 15 is 0 Å². The van der Waals surface area contributed by atoms with Gasteiger partial charge >= 0.3 is 12.0 Å². The molecule has 0 aromatic carbocycles. The number of carbonyl (C=O) groups excluding carboxylic acids is 2. The summed E-state index contributed by atoms with van der Waals surface area (Å²) < 4.78 is 1.57. The Morgan fingerprint density at radius 1 is 1.53 bits per heavy atom. The van der Waals surface area contributed by atoms with Crippen LogP contribution in [0.1, 0.15) is 12.1 Å². The maximum Gasteiger partial charge on any atom is 0.326 e. The number of rotatable bonds is 6. The molecule has 0 saturated carbocycles. The molecule has 1 aromatic heterocycles. The number of hydrogen-bond donors (Lipinski definition) is 4. The summed E-state index contributed by atoms with van der Waals surface area (Å²) in [5, 5.41) is 17.4. The zero-order valence-corrected chi connectivity index (χ0v) is 10.3. The number of primary amides is 1. The summed E-state index contributed by atoms with van der Waals surface area (Å²) >= 11 is 0. The topological polar surface area (TPSA) is 139 Å². The Balaban J connectivity index is 2.44. The lowest BCUT2D eigenvalue weighted by Gasteiger charge is -2.13. The molecule has 3 amide bonds. The minimum Gasteiger partial charge on any atom is -0.480 e. The van der Waals surface area contributed by atoms with Gasteiger partial charge in [-0.2, -0.15) is 5.10 Å². The van der Waals surface area contributed by atoms with Crippen molar-refractivity contribution in [2.45, 2.75) is 19.0 Å². The van der Waals surface area contributed by atoms with Gasteiger partial charge in [-0.05, 0) is 6.07 Å². The summed E-state index contributed by atoms with van der Waals surface area (Å²) in [5.74, 6) is -2.13. The summed E-state index contributed by atoms with van der Waals surface area (Å²) in [4.78, 5) is 32.9. The normalized spacial score (nSPS) is 11.6. The summed E-state index contributed by atoms with van der Waals surface area (Å²) in [6, 6.07) is -0.348. The van der Waals surface area contributed by atoms with Gasteiger partial charge in [0.15, 0.2) is 0 Å². The van der Waals surface area contributed by atoms with Crippen molar-refractivity contribution in [3.63, 3.8) is 0 Å². The monoisotopic (exact) mass is 269 g/mol. The lowest BCUT2D eigenvalue weighted by molar-refractivity contribution is -0.140. The standard InChI is InChI=1S/C10H15N5O4/c1-15-3-2-6(14-15)5-12-10(19)13-7(9(17)18)4-8(11)16/h2-3,7H,4-5H2,1H3,(H2,11,16)(H,17,18)(H2,12,13,19). The van der Waals surface area contributed by atoms with Gasteiger partial charge in [0.1, 0.15) is 6.04 Å². The molecule has 1 aromatic rings. The molecule has 0 aliphatic rings. The van der Waals surface area contributed by atoms with Crippen LogP contribution in [0.5, 0.6) is 0 Å². The van der Waals surface area contributed by atoms with Gasteiger partial charge in [-0.15, -0.1) is 0 Å². The van der Waals surface area contributed by atoms with Crippen molar-refractivity contribution >= 4 is 17.9 Å². The van der Waals surface area contributed by atoms with Crippen molar-refractivity contribution < 1.29 is 19.5 Å². The van der Waals surface area contributed by atoms with Gasteiger partial charge in [-0.1, -0.05) is 0 Å². The van der Waals surface area contributed by atoms with Crippen LogP contribution in [0.4, 0.5) is 4.79 Å². The molecule has 104 valence electrons. The van der Waals surface area contributed by atoms with Gasteiger partial charge in [-0.3, -0.25) is 9.48 Å². The second kappa shape index (κ2) is 6.38. The average molecular weight is 269 g/mol. The van der Waals surface area contributed by atoms with Crippen molar-refractivity contribution in [1.82, 2.24) is 20.4 Å². The Morgan fingerprint density at radius 2 is 2.21 bits per heavy atom. The van der Waals surface area contributed by atoms with Gasteiger partial charge in [-0.25, -0.2) is 9.59 Å². The van der Waals surface area contributed by atoms with Crippen molar-refractivity contribution in [3.05, 3.63) is 18.0 Å². The fourth-order valence-electron chi connectivity index (χ4n) is 1.34. The van der Waals surface area contributed by atoms with Crippen LogP contribution in [0.2, 0.25) is 0 Å². The number of aryl methyl sites for hydroxylation is 1. The van der Waals surface area contributed by atoms with E-state index in [0.717, 1.165) is 0 Å². The molecule has 5 N–H and O–H groups in total. The van der Waals surface area contributed by atoms with Gasteiger partial charge in [0.2, 0.25) is 5.91 Å².